The van der Waals surface area contributed by atoms with Crippen molar-refractivity contribution in [2.45, 2.75) is 78.6 Å². The van der Waals surface area contributed by atoms with Gasteiger partial charge in [0.1, 0.15) is 9.52 Å². The Morgan fingerprint density at radius 2 is 0.780 bits per heavy atom. The first kappa shape index (κ1) is 45.8. The first-order chi connectivity index (χ1) is 22.2. The summed E-state index contributed by atoms with van der Waals surface area (Å²) in [5.74, 6) is 2.21. The summed E-state index contributed by atoms with van der Waals surface area (Å²) in [7, 11) is -0.682. The smallest absolute Gasteiger partial charge is 1.00 e. The van der Waals surface area contributed by atoms with E-state index in [1.54, 1.807) is 0 Å². The average Bonchev–Trinajstić information content (AvgIpc) is 3.57. The predicted octanol–water partition coefficient (Wildman–Crippen LogP) is 4.32. The molecule has 0 aliphatic carbocycles. The van der Waals surface area contributed by atoms with Crippen molar-refractivity contribution < 1.29 is 59.9 Å². The van der Waals surface area contributed by atoms with E-state index in [9.17, 15) is 0 Å². The second-order valence-corrected chi connectivity index (χ2v) is 19.8. The fourth-order valence-electron chi connectivity index (χ4n) is 5.34. The zero-order valence-corrected chi connectivity index (χ0v) is 38.1. The van der Waals surface area contributed by atoms with Gasteiger partial charge in [0.25, 0.3) is 18.1 Å². The van der Waals surface area contributed by atoms with Crippen molar-refractivity contribution >= 4 is 59.5 Å². The van der Waals surface area contributed by atoms with Gasteiger partial charge in [0, 0.05) is 11.5 Å². The minimum atomic E-state index is -0.729. The molecule has 0 aliphatic heterocycles. The van der Waals surface area contributed by atoms with E-state index in [1.165, 1.54) is 43.0 Å². The molecule has 8 heteroatoms. The molecule has 260 valence electrons. The Labute approximate surface area is 339 Å². The second-order valence-electron chi connectivity index (χ2n) is 14.3. The Morgan fingerprint density at radius 1 is 0.480 bits per heavy atom. The molecule has 0 aromatic heterocycles. The van der Waals surface area contributed by atoms with Gasteiger partial charge >= 0.3 is 26.2 Å². The number of fused-ring (bicyclic) bond motifs is 2. The normalized spacial score (nSPS) is 11.0. The summed E-state index contributed by atoms with van der Waals surface area (Å²) in [6.45, 7) is 22.2. The minimum Gasteiger partial charge on any atom is -1.00 e. The molecule has 4 radical (unpaired) electrons. The topological polar surface area (TPSA) is 18.5 Å². The monoisotopic (exact) mass is 830 g/mol. The standard InChI is InChI=1S/2C15H20OSi.C12H10Si.2ClH.Zr/c2*1-15(2,3)13-10-11-8-6-7-9-12(11)14(13)16-17(4)5;1-3-7-11(8-4-1)13-12-9-5-2-6-10-12;;;/h2*6-10H,1-5H3;1-10H;2*1H;/q2*-1;;;;+4/p-2. The van der Waals surface area contributed by atoms with Crippen molar-refractivity contribution in [1.29, 1.82) is 0 Å². The molecule has 0 atom stereocenters. The summed E-state index contributed by atoms with van der Waals surface area (Å²) in [6.07, 6.45) is 0. The van der Waals surface area contributed by atoms with Gasteiger partial charge in [-0.05, 0) is 37.0 Å². The third-order valence-corrected chi connectivity index (χ3v) is 10.0. The van der Waals surface area contributed by atoms with Crippen LogP contribution in [0.3, 0.4) is 0 Å². The molecular formula is C42H50Cl2O2Si3Zr. The van der Waals surface area contributed by atoms with Gasteiger partial charge in [-0.1, -0.05) is 136 Å². The van der Waals surface area contributed by atoms with Crippen LogP contribution in [0.15, 0.2) is 121 Å². The molecule has 0 spiro atoms. The molecule has 0 unspecified atom stereocenters. The van der Waals surface area contributed by atoms with E-state index < -0.39 is 18.1 Å². The molecule has 0 saturated carbocycles. The molecular weight excluding hydrogens is 783 g/mol. The molecule has 0 heterocycles. The molecule has 50 heavy (non-hydrogen) atoms. The van der Waals surface area contributed by atoms with Gasteiger partial charge in [-0.2, -0.15) is 12.1 Å². The third kappa shape index (κ3) is 13.1. The van der Waals surface area contributed by atoms with E-state index in [4.69, 9.17) is 8.85 Å². The Bertz CT molecular complexity index is 1700. The summed E-state index contributed by atoms with van der Waals surface area (Å²) in [5, 5.41) is 7.88. The van der Waals surface area contributed by atoms with Crippen LogP contribution in [0.25, 0.3) is 21.5 Å². The molecule has 0 aliphatic rings. The molecule has 6 aromatic rings. The van der Waals surface area contributed by atoms with Crippen molar-refractivity contribution in [2.24, 2.45) is 0 Å². The molecule has 2 nitrogen and oxygen atoms in total. The number of halogens is 2. The zero-order valence-electron chi connectivity index (χ0n) is 31.1. The largest absolute Gasteiger partial charge is 4.00 e. The van der Waals surface area contributed by atoms with Crippen molar-refractivity contribution in [3.8, 4) is 11.5 Å². The molecule has 0 N–H and O–H groups in total. The van der Waals surface area contributed by atoms with Gasteiger partial charge in [-0.3, -0.25) is 0 Å². The second kappa shape index (κ2) is 20.7. The average molecular weight is 833 g/mol. The zero-order chi connectivity index (χ0) is 34.2. The van der Waals surface area contributed by atoms with E-state index in [-0.39, 0.29) is 61.8 Å². The van der Waals surface area contributed by atoms with E-state index in [0.29, 0.717) is 0 Å². The number of benzene rings is 4. The maximum absolute atomic E-state index is 6.13. The van der Waals surface area contributed by atoms with Crippen LogP contribution in [0.4, 0.5) is 0 Å². The molecule has 6 aromatic carbocycles. The Hall–Kier alpha value is -2.19. The van der Waals surface area contributed by atoms with Crippen LogP contribution in [0.2, 0.25) is 26.2 Å². The summed E-state index contributed by atoms with van der Waals surface area (Å²) in [5.41, 5.74) is 2.91. The number of hydrogen-bond donors (Lipinski definition) is 0. The minimum absolute atomic E-state index is 0. The quantitative estimate of drug-likeness (QED) is 0.184. The first-order valence-electron chi connectivity index (χ1n) is 16.4. The van der Waals surface area contributed by atoms with Crippen molar-refractivity contribution in [1.82, 2.24) is 0 Å². The Morgan fingerprint density at radius 3 is 1.08 bits per heavy atom. The van der Waals surface area contributed by atoms with Gasteiger partial charge in [0.2, 0.25) is 0 Å². The van der Waals surface area contributed by atoms with Crippen LogP contribution in [-0.4, -0.2) is 27.6 Å². The van der Waals surface area contributed by atoms with Crippen LogP contribution < -0.4 is 44.0 Å². The van der Waals surface area contributed by atoms with E-state index in [2.05, 4.69) is 189 Å². The third-order valence-electron chi connectivity index (χ3n) is 7.56. The molecule has 0 saturated heterocycles. The van der Waals surface area contributed by atoms with Gasteiger partial charge in [0.05, 0.1) is 0 Å². The van der Waals surface area contributed by atoms with Gasteiger partial charge in [-0.25, -0.2) is 0 Å². The van der Waals surface area contributed by atoms with Crippen LogP contribution >= 0.6 is 0 Å². The van der Waals surface area contributed by atoms with E-state index in [1.807, 2.05) is 0 Å². The van der Waals surface area contributed by atoms with Crippen molar-refractivity contribution in [3.05, 3.63) is 132 Å². The molecule has 0 amide bonds. The predicted molar refractivity (Wildman–Crippen MR) is 211 cm³/mol. The first-order valence-corrected chi connectivity index (χ1v) is 22.3. The SMILES string of the molecule is C[Si](C)O[c-]1c(C(C)(C)C)cc2ccccc21.C[Si](C)O[c-]1c(C(C)(C)C)cc2ccccc21.[Cl-].[Cl-].[Zr+4].c1ccc([Si]c2ccccc2)cc1. The molecule has 0 bridgehead atoms. The van der Waals surface area contributed by atoms with Crippen LogP contribution in [0, 0.1) is 0 Å². The van der Waals surface area contributed by atoms with Crippen molar-refractivity contribution in [3.63, 3.8) is 0 Å². The number of hydrogen-bond acceptors (Lipinski definition) is 2. The summed E-state index contributed by atoms with van der Waals surface area (Å²) in [4.78, 5) is 0. The van der Waals surface area contributed by atoms with Crippen LogP contribution in [-0.2, 0) is 37.0 Å². The molecule has 6 rings (SSSR count). The Balaban J connectivity index is 0.000000367. The fraction of sp³-hybridized carbons (Fsp3) is 0.286. The van der Waals surface area contributed by atoms with Crippen molar-refractivity contribution in [2.75, 3.05) is 0 Å². The summed E-state index contributed by atoms with van der Waals surface area (Å²) in [6, 6.07) is 42.7. The van der Waals surface area contributed by atoms with E-state index >= 15 is 0 Å². The summed E-state index contributed by atoms with van der Waals surface area (Å²) >= 11 is 0. The fourth-order valence-corrected chi connectivity index (χ4v) is 7.65. The van der Waals surface area contributed by atoms with E-state index in [0.717, 1.165) is 21.0 Å². The van der Waals surface area contributed by atoms with Crippen LogP contribution in [0.5, 0.6) is 11.5 Å². The number of rotatable bonds is 6. The van der Waals surface area contributed by atoms with Gasteiger partial charge in [0.15, 0.2) is 0 Å². The van der Waals surface area contributed by atoms with Gasteiger partial charge < -0.3 is 33.7 Å². The van der Waals surface area contributed by atoms with Crippen LogP contribution in [0.1, 0.15) is 52.7 Å². The maximum atomic E-state index is 6.13. The maximum Gasteiger partial charge on any atom is 4.00 e. The summed E-state index contributed by atoms with van der Waals surface area (Å²) < 4.78 is 12.3. The van der Waals surface area contributed by atoms with Gasteiger partial charge in [-0.15, -0.1) is 57.9 Å². The molecule has 0 fully saturated rings. The Kier molecular flexibility index (Phi) is 19.0.